The molecule has 2 atom stereocenters. The van der Waals surface area contributed by atoms with Crippen molar-refractivity contribution in [1.82, 2.24) is 4.90 Å². The second-order valence-corrected chi connectivity index (χ2v) is 8.81. The highest BCUT2D eigenvalue weighted by Gasteiger charge is 2.55. The molecule has 1 saturated heterocycles. The summed E-state index contributed by atoms with van der Waals surface area (Å²) in [7, 11) is 4.46. The third kappa shape index (κ3) is 4.56. The first-order valence-corrected chi connectivity index (χ1v) is 11.1. The van der Waals surface area contributed by atoms with Crippen molar-refractivity contribution in [3.05, 3.63) is 29.8 Å². The van der Waals surface area contributed by atoms with Crippen LogP contribution in [-0.4, -0.2) is 61.1 Å². The van der Waals surface area contributed by atoms with Crippen molar-refractivity contribution in [2.45, 2.75) is 58.4 Å². The Morgan fingerprint density at radius 1 is 1.15 bits per heavy atom. The van der Waals surface area contributed by atoms with Crippen LogP contribution in [0.1, 0.15) is 58.4 Å². The Morgan fingerprint density at radius 3 is 2.15 bits per heavy atom. The molecule has 1 fully saturated rings. The van der Waals surface area contributed by atoms with Crippen LogP contribution >= 0.6 is 0 Å². The Morgan fingerprint density at radius 2 is 1.73 bits per heavy atom. The van der Waals surface area contributed by atoms with Gasteiger partial charge in [0.25, 0.3) is 5.91 Å². The van der Waals surface area contributed by atoms with Crippen LogP contribution < -0.4 is 14.2 Å². The van der Waals surface area contributed by atoms with Crippen molar-refractivity contribution >= 4 is 17.7 Å². The molecule has 182 valence electrons. The maximum Gasteiger partial charge on any atom is 0.334 e. The molecule has 0 bridgehead atoms. The quantitative estimate of drug-likeness (QED) is 0.440. The SMILES string of the molecule is C/C=C/C1(C(=O)O)C(c2cc(OC)c(OC)c(OC)c2)CCCN1C(=O)C(=O)C(C)(C)CC. The second-order valence-electron chi connectivity index (χ2n) is 8.81. The number of hydrogen-bond acceptors (Lipinski definition) is 6. The van der Waals surface area contributed by atoms with Gasteiger partial charge >= 0.3 is 5.97 Å². The van der Waals surface area contributed by atoms with E-state index in [1.807, 2.05) is 6.92 Å². The molecule has 0 aromatic heterocycles. The van der Waals surface area contributed by atoms with E-state index in [1.54, 1.807) is 39.0 Å². The van der Waals surface area contributed by atoms with Gasteiger partial charge in [0.2, 0.25) is 11.5 Å². The third-order valence-corrected chi connectivity index (χ3v) is 6.64. The molecule has 1 aromatic rings. The number of methoxy groups -OCH3 is 3. The van der Waals surface area contributed by atoms with Gasteiger partial charge in [-0.25, -0.2) is 4.79 Å². The number of ketones is 1. The summed E-state index contributed by atoms with van der Waals surface area (Å²) in [6, 6.07) is 3.41. The van der Waals surface area contributed by atoms with Gasteiger partial charge in [-0.2, -0.15) is 0 Å². The number of nitrogens with zero attached hydrogens (tertiary/aromatic N) is 1. The summed E-state index contributed by atoms with van der Waals surface area (Å²) in [5.74, 6) is -2.05. The Balaban J connectivity index is 2.74. The van der Waals surface area contributed by atoms with Crippen LogP contribution in [0.2, 0.25) is 0 Å². The molecule has 8 nitrogen and oxygen atoms in total. The van der Waals surface area contributed by atoms with E-state index in [9.17, 15) is 19.5 Å². The summed E-state index contributed by atoms with van der Waals surface area (Å²) in [6.45, 7) is 7.10. The molecule has 1 aliphatic rings. The van der Waals surface area contributed by atoms with Gasteiger partial charge in [0.05, 0.1) is 21.3 Å². The molecule has 1 aromatic carbocycles. The predicted molar refractivity (Wildman–Crippen MR) is 124 cm³/mol. The molecule has 1 amide bonds. The number of hydrogen-bond donors (Lipinski definition) is 1. The van der Waals surface area contributed by atoms with Crippen molar-refractivity contribution in [2.24, 2.45) is 5.41 Å². The molecular weight excluding hydrogens is 426 g/mol. The number of Topliss-reactive ketones (excluding diaryl/α,β-unsaturated/α-hetero) is 1. The van der Waals surface area contributed by atoms with Crippen molar-refractivity contribution in [3.63, 3.8) is 0 Å². The normalized spacial score (nSPS) is 21.1. The summed E-state index contributed by atoms with van der Waals surface area (Å²) in [6.07, 6.45) is 4.61. The van der Waals surface area contributed by atoms with Gasteiger partial charge in [0.15, 0.2) is 17.0 Å². The number of carbonyl (C=O) groups excluding carboxylic acids is 2. The minimum atomic E-state index is -1.74. The number of ether oxygens (including phenoxy) is 3. The zero-order chi connectivity index (χ0) is 25.0. The van der Waals surface area contributed by atoms with E-state index in [0.717, 1.165) is 0 Å². The number of benzene rings is 1. The fourth-order valence-electron chi connectivity index (χ4n) is 4.41. The first kappa shape index (κ1) is 26.2. The van der Waals surface area contributed by atoms with Crippen LogP contribution in [0.5, 0.6) is 17.2 Å². The van der Waals surface area contributed by atoms with Crippen molar-refractivity contribution in [2.75, 3.05) is 27.9 Å². The molecule has 0 saturated carbocycles. The minimum absolute atomic E-state index is 0.169. The molecule has 2 rings (SSSR count). The van der Waals surface area contributed by atoms with Gasteiger partial charge in [-0.3, -0.25) is 9.59 Å². The highest BCUT2D eigenvalue weighted by molar-refractivity contribution is 6.38. The van der Waals surface area contributed by atoms with E-state index in [1.165, 1.54) is 32.3 Å². The Labute approximate surface area is 195 Å². The average molecular weight is 462 g/mol. The molecule has 1 heterocycles. The molecule has 8 heteroatoms. The number of aliphatic carboxylic acids is 1. The van der Waals surface area contributed by atoms with E-state index in [-0.39, 0.29) is 6.54 Å². The largest absolute Gasteiger partial charge is 0.493 e. The Kier molecular flexibility index (Phi) is 8.16. The van der Waals surface area contributed by atoms with E-state index < -0.39 is 34.5 Å². The topological polar surface area (TPSA) is 102 Å². The Bertz CT molecular complexity index is 912. The summed E-state index contributed by atoms with van der Waals surface area (Å²) in [5, 5.41) is 10.5. The van der Waals surface area contributed by atoms with Gasteiger partial charge in [-0.05, 0) is 43.9 Å². The summed E-state index contributed by atoms with van der Waals surface area (Å²) < 4.78 is 16.3. The van der Waals surface area contributed by atoms with Crippen molar-refractivity contribution in [1.29, 1.82) is 0 Å². The van der Waals surface area contributed by atoms with Crippen LogP contribution in [0.3, 0.4) is 0 Å². The molecular formula is C25H35NO7. The monoisotopic (exact) mass is 461 g/mol. The summed E-state index contributed by atoms with van der Waals surface area (Å²) in [5.41, 5.74) is -2.02. The maximum absolute atomic E-state index is 13.4. The van der Waals surface area contributed by atoms with Crippen LogP contribution in [0, 0.1) is 5.41 Å². The van der Waals surface area contributed by atoms with Crippen LogP contribution in [0.4, 0.5) is 0 Å². The predicted octanol–water partition coefficient (Wildman–Crippen LogP) is 3.82. The van der Waals surface area contributed by atoms with E-state index >= 15 is 0 Å². The van der Waals surface area contributed by atoms with Crippen molar-refractivity contribution < 1.29 is 33.7 Å². The minimum Gasteiger partial charge on any atom is -0.493 e. The third-order valence-electron chi connectivity index (χ3n) is 6.64. The molecule has 0 radical (unpaired) electrons. The number of rotatable bonds is 9. The highest BCUT2D eigenvalue weighted by atomic mass is 16.5. The zero-order valence-electron chi connectivity index (χ0n) is 20.6. The van der Waals surface area contributed by atoms with Gasteiger partial charge < -0.3 is 24.2 Å². The standard InChI is InChI=1S/C25H35NO7/c1-8-12-25(23(29)30)17(16-14-18(31-5)20(33-7)19(15-16)32-6)11-10-13-26(25)22(28)21(27)24(3,4)9-2/h8,12,14-15,17H,9-11,13H2,1-7H3,(H,29,30)/b12-8+. The van der Waals surface area contributed by atoms with Gasteiger partial charge in [-0.15, -0.1) is 0 Å². The second kappa shape index (κ2) is 10.3. The molecule has 1 aliphatic heterocycles. The lowest BCUT2D eigenvalue weighted by Gasteiger charge is -2.48. The van der Waals surface area contributed by atoms with Crippen LogP contribution in [0.25, 0.3) is 0 Å². The molecule has 0 aliphatic carbocycles. The van der Waals surface area contributed by atoms with Crippen LogP contribution in [-0.2, 0) is 14.4 Å². The lowest BCUT2D eigenvalue weighted by atomic mass is 9.71. The summed E-state index contributed by atoms with van der Waals surface area (Å²) >= 11 is 0. The van der Waals surface area contributed by atoms with Crippen molar-refractivity contribution in [3.8, 4) is 17.2 Å². The number of allylic oxidation sites excluding steroid dienone is 1. The van der Waals surface area contributed by atoms with Crippen LogP contribution in [0.15, 0.2) is 24.3 Å². The molecule has 2 unspecified atom stereocenters. The molecule has 0 spiro atoms. The van der Waals surface area contributed by atoms with Gasteiger partial charge in [-0.1, -0.05) is 32.9 Å². The summed E-state index contributed by atoms with van der Waals surface area (Å²) in [4.78, 5) is 40.6. The number of likely N-dealkylation sites (tertiary alicyclic amines) is 1. The fraction of sp³-hybridized carbons (Fsp3) is 0.560. The average Bonchev–Trinajstić information content (AvgIpc) is 2.81. The number of carbonyl (C=O) groups is 3. The smallest absolute Gasteiger partial charge is 0.334 e. The van der Waals surface area contributed by atoms with Gasteiger partial charge in [0, 0.05) is 17.9 Å². The zero-order valence-corrected chi connectivity index (χ0v) is 20.6. The highest BCUT2D eigenvalue weighted by Crippen LogP contribution is 2.47. The number of carboxylic acid groups (broad SMARTS) is 1. The first-order chi connectivity index (χ1) is 15.5. The van der Waals surface area contributed by atoms with E-state index in [0.29, 0.717) is 42.1 Å². The maximum atomic E-state index is 13.4. The lowest BCUT2D eigenvalue weighted by Crippen LogP contribution is -2.64. The lowest BCUT2D eigenvalue weighted by molar-refractivity contribution is -0.164. The van der Waals surface area contributed by atoms with E-state index in [4.69, 9.17) is 14.2 Å². The number of amides is 1. The fourth-order valence-corrected chi connectivity index (χ4v) is 4.41. The van der Waals surface area contributed by atoms with Gasteiger partial charge in [0.1, 0.15) is 0 Å². The number of carboxylic acids is 1. The van der Waals surface area contributed by atoms with E-state index in [2.05, 4.69) is 0 Å². The Hall–Kier alpha value is -3.03. The molecule has 1 N–H and O–H groups in total. The first-order valence-electron chi connectivity index (χ1n) is 11.1. The number of piperidine rings is 1. The molecule has 33 heavy (non-hydrogen) atoms.